The summed E-state index contributed by atoms with van der Waals surface area (Å²) in [5.41, 5.74) is 5.86. The number of pyridine rings is 1. The maximum Gasteiger partial charge on any atom is 0.123 e. The van der Waals surface area contributed by atoms with Gasteiger partial charge in [-0.15, -0.1) is 0 Å². The van der Waals surface area contributed by atoms with E-state index in [1.807, 2.05) is 12.4 Å². The Bertz CT molecular complexity index is 1290. The summed E-state index contributed by atoms with van der Waals surface area (Å²) in [4.78, 5) is 16.2. The van der Waals surface area contributed by atoms with Crippen molar-refractivity contribution >= 4 is 25.1 Å². The number of aromatic nitrogens is 1. The van der Waals surface area contributed by atoms with Crippen LogP contribution in [-0.4, -0.2) is 30.5 Å². The number of hydrogen-bond donors (Lipinski definition) is 0. The number of allylic oxidation sites excluding steroid dienone is 1. The van der Waals surface area contributed by atoms with Crippen molar-refractivity contribution in [1.29, 1.82) is 0 Å². The quantitative estimate of drug-likeness (QED) is 0.330. The first-order valence-electron chi connectivity index (χ1n) is 13.3. The van der Waals surface area contributed by atoms with Crippen LogP contribution in [0.3, 0.4) is 0 Å². The summed E-state index contributed by atoms with van der Waals surface area (Å²) in [6.45, 7) is 9.56. The van der Waals surface area contributed by atoms with Crippen molar-refractivity contribution in [3.05, 3.63) is 77.3 Å². The number of carbonyl (C=O) groups is 1. The number of ether oxygens (including phenoxy) is 1. The molecule has 1 aromatic heterocycles. The maximum absolute atomic E-state index is 11.9. The standard InChI is InChI=1S/C31H37NO2Si/c1-29-12-9-26-20-25(11-18-35(2,3)4)30(15-17-33)13-14-31(26,34-30)28(29)8-7-27(29)23-6-5-22-10-16-32-21-24(22)19-23/h5-6,9-11,16-21,27-28H,7-8,12-15H2,1-4H3/b18-11-/t27-,28-,29-,30-,31-/m1/s1. The normalized spacial score (nSPS) is 36.1. The number of aldehydes is 1. The molecule has 2 bridgehead atoms. The highest BCUT2D eigenvalue weighted by molar-refractivity contribution is 6.81. The summed E-state index contributed by atoms with van der Waals surface area (Å²) < 4.78 is 7.21. The Balaban J connectivity index is 1.41. The van der Waals surface area contributed by atoms with Gasteiger partial charge in [0.25, 0.3) is 0 Å². The maximum atomic E-state index is 11.9. The van der Waals surface area contributed by atoms with Crippen molar-refractivity contribution in [1.82, 2.24) is 4.98 Å². The third kappa shape index (κ3) is 3.47. The molecule has 2 fully saturated rings. The van der Waals surface area contributed by atoms with Gasteiger partial charge >= 0.3 is 0 Å². The first-order valence-corrected chi connectivity index (χ1v) is 16.9. The van der Waals surface area contributed by atoms with E-state index in [2.05, 4.69) is 79.7 Å². The highest BCUT2D eigenvalue weighted by Crippen LogP contribution is 2.68. The lowest BCUT2D eigenvalue weighted by atomic mass is 9.58. The fourth-order valence-corrected chi connectivity index (χ4v) is 8.44. The molecule has 2 aromatic rings. The second-order valence-corrected chi connectivity index (χ2v) is 17.8. The second-order valence-electron chi connectivity index (χ2n) is 12.7. The van der Waals surface area contributed by atoms with Gasteiger partial charge in [0.1, 0.15) is 11.9 Å². The Labute approximate surface area is 210 Å². The molecule has 6 rings (SSSR count). The number of fused-ring (bicyclic) bond motifs is 3. The van der Waals surface area contributed by atoms with Gasteiger partial charge in [-0.05, 0) is 83.6 Å². The van der Waals surface area contributed by atoms with Crippen LogP contribution in [0.5, 0.6) is 0 Å². The molecule has 3 nitrogen and oxygen atoms in total. The molecule has 4 heteroatoms. The molecule has 2 aliphatic heterocycles. The van der Waals surface area contributed by atoms with Crippen molar-refractivity contribution in [3.8, 4) is 0 Å². The summed E-state index contributed by atoms with van der Waals surface area (Å²) in [5, 5.41) is 2.48. The van der Waals surface area contributed by atoms with Crippen molar-refractivity contribution in [2.45, 2.75) is 82.2 Å². The number of hydrogen-bond acceptors (Lipinski definition) is 3. The van der Waals surface area contributed by atoms with E-state index in [0.717, 1.165) is 25.5 Å². The number of nitrogens with zero attached hydrogens (tertiary/aromatic N) is 1. The molecule has 1 saturated carbocycles. The molecule has 4 aliphatic rings. The van der Waals surface area contributed by atoms with Gasteiger partial charge in [-0.2, -0.15) is 0 Å². The minimum absolute atomic E-state index is 0.149. The van der Waals surface area contributed by atoms with Crippen molar-refractivity contribution < 1.29 is 9.53 Å². The van der Waals surface area contributed by atoms with Gasteiger partial charge < -0.3 is 9.53 Å². The van der Waals surface area contributed by atoms with Crippen LogP contribution < -0.4 is 0 Å². The Morgan fingerprint density at radius 2 is 2.00 bits per heavy atom. The summed E-state index contributed by atoms with van der Waals surface area (Å²) in [7, 11) is -1.36. The molecule has 5 atom stereocenters. The van der Waals surface area contributed by atoms with Crippen LogP contribution in [-0.2, 0) is 9.53 Å². The summed E-state index contributed by atoms with van der Waals surface area (Å²) in [6, 6.07) is 9.05. The molecule has 1 spiro atoms. The Kier molecular flexibility index (Phi) is 5.18. The van der Waals surface area contributed by atoms with E-state index in [1.165, 1.54) is 40.3 Å². The van der Waals surface area contributed by atoms with Crippen LogP contribution in [0.4, 0.5) is 0 Å². The predicted molar refractivity (Wildman–Crippen MR) is 145 cm³/mol. The minimum Gasteiger partial charge on any atom is -0.358 e. The van der Waals surface area contributed by atoms with Crippen LogP contribution in [0.25, 0.3) is 10.8 Å². The smallest absolute Gasteiger partial charge is 0.123 e. The van der Waals surface area contributed by atoms with Crippen molar-refractivity contribution in [2.24, 2.45) is 11.3 Å². The fraction of sp³-hybridized carbons (Fsp3) is 0.484. The van der Waals surface area contributed by atoms with Crippen LogP contribution in [0, 0.1) is 11.3 Å². The Hall–Kier alpha value is -2.30. The van der Waals surface area contributed by atoms with Gasteiger partial charge in [0, 0.05) is 24.2 Å². The third-order valence-corrected chi connectivity index (χ3v) is 10.7. The largest absolute Gasteiger partial charge is 0.358 e. The van der Waals surface area contributed by atoms with Crippen LogP contribution in [0.2, 0.25) is 19.6 Å². The van der Waals surface area contributed by atoms with E-state index in [4.69, 9.17) is 4.74 Å². The van der Waals surface area contributed by atoms with Crippen LogP contribution >= 0.6 is 0 Å². The lowest BCUT2D eigenvalue weighted by Crippen LogP contribution is -2.52. The predicted octanol–water partition coefficient (Wildman–Crippen LogP) is 7.32. The average molecular weight is 484 g/mol. The molecule has 182 valence electrons. The Morgan fingerprint density at radius 1 is 1.14 bits per heavy atom. The fourth-order valence-electron chi connectivity index (χ4n) is 7.76. The van der Waals surface area contributed by atoms with E-state index in [1.54, 1.807) is 0 Å². The van der Waals surface area contributed by atoms with E-state index < -0.39 is 13.7 Å². The molecular weight excluding hydrogens is 446 g/mol. The zero-order valence-corrected chi connectivity index (χ0v) is 22.5. The lowest BCUT2D eigenvalue weighted by Gasteiger charge is -2.53. The highest BCUT2D eigenvalue weighted by atomic mass is 28.3. The number of benzene rings is 1. The zero-order chi connectivity index (χ0) is 24.5. The minimum atomic E-state index is -1.36. The van der Waals surface area contributed by atoms with Gasteiger partial charge in [0.15, 0.2) is 0 Å². The van der Waals surface area contributed by atoms with Crippen molar-refractivity contribution in [2.75, 3.05) is 0 Å². The van der Waals surface area contributed by atoms with Crippen LogP contribution in [0.1, 0.15) is 56.9 Å². The molecule has 0 radical (unpaired) electrons. The van der Waals surface area contributed by atoms with E-state index >= 15 is 0 Å². The van der Waals surface area contributed by atoms with Crippen LogP contribution in [0.15, 0.2) is 71.7 Å². The molecule has 3 heterocycles. The first kappa shape index (κ1) is 23.1. The van der Waals surface area contributed by atoms with E-state index in [0.29, 0.717) is 18.3 Å². The summed E-state index contributed by atoms with van der Waals surface area (Å²) in [6.07, 6.45) is 18.0. The SMILES string of the molecule is C[C@]12CC=C3C=C(/C=C\[Si](C)(C)C)[C@]4(CC=O)CC[C@]3(O4)[C@@H]1CC[C@@H]2c1ccc2ccncc2c1. The van der Waals surface area contributed by atoms with Gasteiger partial charge in [-0.1, -0.05) is 62.6 Å². The molecule has 0 amide bonds. The molecule has 1 aromatic carbocycles. The lowest BCUT2D eigenvalue weighted by molar-refractivity contribution is -0.134. The number of rotatable bonds is 5. The monoisotopic (exact) mass is 483 g/mol. The second kappa shape index (κ2) is 7.85. The molecule has 35 heavy (non-hydrogen) atoms. The zero-order valence-electron chi connectivity index (χ0n) is 21.5. The average Bonchev–Trinajstić information content (AvgIpc) is 3.34. The number of carbonyl (C=O) groups excluding carboxylic acids is 1. The van der Waals surface area contributed by atoms with Gasteiger partial charge in [0.05, 0.1) is 13.7 Å². The van der Waals surface area contributed by atoms with Gasteiger partial charge in [0.2, 0.25) is 0 Å². The van der Waals surface area contributed by atoms with Gasteiger partial charge in [-0.25, -0.2) is 0 Å². The molecule has 0 N–H and O–H groups in total. The third-order valence-electron chi connectivity index (χ3n) is 9.51. The van der Waals surface area contributed by atoms with E-state index in [-0.39, 0.29) is 11.0 Å². The summed E-state index contributed by atoms with van der Waals surface area (Å²) in [5.74, 6) is 0.975. The molecule has 1 saturated heterocycles. The van der Waals surface area contributed by atoms with Gasteiger partial charge in [-0.3, -0.25) is 4.98 Å². The topological polar surface area (TPSA) is 39.2 Å². The molecular formula is C31H37NO2Si. The molecule has 2 aliphatic carbocycles. The highest BCUT2D eigenvalue weighted by Gasteiger charge is 2.65. The Morgan fingerprint density at radius 3 is 2.80 bits per heavy atom. The summed E-state index contributed by atoms with van der Waals surface area (Å²) >= 11 is 0. The van der Waals surface area contributed by atoms with Crippen molar-refractivity contribution in [3.63, 3.8) is 0 Å². The van der Waals surface area contributed by atoms with E-state index in [9.17, 15) is 4.79 Å². The molecule has 0 unspecified atom stereocenters. The first-order chi connectivity index (χ1) is 16.7.